The van der Waals surface area contributed by atoms with Gasteiger partial charge in [0.25, 0.3) is 0 Å². The van der Waals surface area contributed by atoms with Crippen molar-refractivity contribution in [3.8, 4) is 0 Å². The zero-order chi connectivity index (χ0) is 18.2. The third-order valence-corrected chi connectivity index (χ3v) is 5.87. The number of rotatable bonds is 7. The smallest absolute Gasteiger partial charge is 0.191 e. The van der Waals surface area contributed by atoms with Gasteiger partial charge in [-0.15, -0.1) is 0 Å². The highest BCUT2D eigenvalue weighted by Gasteiger charge is 2.34. The summed E-state index contributed by atoms with van der Waals surface area (Å²) in [5.41, 5.74) is 3.02. The van der Waals surface area contributed by atoms with Crippen LogP contribution in [0.15, 0.2) is 29.3 Å². The molecule has 1 heterocycles. The van der Waals surface area contributed by atoms with Crippen molar-refractivity contribution in [2.45, 2.75) is 46.1 Å². The molecule has 2 N–H and O–H groups in total. The number of aliphatic imine (C=N–C) groups is 1. The molecule has 0 aromatic heterocycles. The molecule has 1 aliphatic heterocycles. The van der Waals surface area contributed by atoms with Crippen molar-refractivity contribution in [1.29, 1.82) is 0 Å². The number of benzene rings is 1. The van der Waals surface area contributed by atoms with Gasteiger partial charge < -0.3 is 20.3 Å². The molecule has 1 aromatic rings. The Kier molecular flexibility index (Phi) is 6.78. The van der Waals surface area contributed by atoms with E-state index >= 15 is 0 Å². The highest BCUT2D eigenvalue weighted by Crippen LogP contribution is 2.42. The average Bonchev–Trinajstić information content (AvgIpc) is 2.66. The molecule has 1 aliphatic carbocycles. The second kappa shape index (κ2) is 9.26. The zero-order valence-electron chi connectivity index (χ0n) is 16.4. The number of guanidine groups is 1. The molecule has 5 heteroatoms. The number of hydrogen-bond donors (Lipinski definition) is 2. The summed E-state index contributed by atoms with van der Waals surface area (Å²) in [4.78, 5) is 7.16. The van der Waals surface area contributed by atoms with E-state index in [4.69, 9.17) is 9.73 Å². The van der Waals surface area contributed by atoms with Crippen LogP contribution in [0.4, 0.5) is 5.69 Å². The predicted molar refractivity (Wildman–Crippen MR) is 109 cm³/mol. The number of hydrogen-bond acceptors (Lipinski definition) is 3. The van der Waals surface area contributed by atoms with Crippen molar-refractivity contribution < 1.29 is 4.74 Å². The molecule has 3 rings (SSSR count). The number of nitrogens with zero attached hydrogens (tertiary/aromatic N) is 2. The van der Waals surface area contributed by atoms with Gasteiger partial charge in [0.15, 0.2) is 5.96 Å². The van der Waals surface area contributed by atoms with Crippen molar-refractivity contribution in [3.05, 3.63) is 29.8 Å². The SMILES string of the molecule is CCNC(=NCc1ccc(N2CCOCC2)cc1)NCC1(CC)CCC1. The molecule has 2 aliphatic rings. The van der Waals surface area contributed by atoms with Gasteiger partial charge in [0.2, 0.25) is 0 Å². The Hall–Kier alpha value is -1.75. The Balaban J connectivity index is 1.54. The summed E-state index contributed by atoms with van der Waals surface area (Å²) >= 11 is 0. The molecule has 144 valence electrons. The van der Waals surface area contributed by atoms with E-state index in [2.05, 4.69) is 53.6 Å². The molecule has 5 nitrogen and oxygen atoms in total. The van der Waals surface area contributed by atoms with Crippen LogP contribution in [-0.2, 0) is 11.3 Å². The number of morpholine rings is 1. The molecular formula is C21H34N4O. The van der Waals surface area contributed by atoms with E-state index in [-0.39, 0.29) is 0 Å². The number of anilines is 1. The molecule has 2 fully saturated rings. The van der Waals surface area contributed by atoms with Gasteiger partial charge in [-0.25, -0.2) is 4.99 Å². The van der Waals surface area contributed by atoms with Gasteiger partial charge in [0.05, 0.1) is 19.8 Å². The number of ether oxygens (including phenoxy) is 1. The van der Waals surface area contributed by atoms with Crippen LogP contribution in [0, 0.1) is 5.41 Å². The molecule has 0 bridgehead atoms. The predicted octanol–water partition coefficient (Wildman–Crippen LogP) is 3.16. The fourth-order valence-electron chi connectivity index (χ4n) is 3.75. The Morgan fingerprint density at radius 1 is 1.12 bits per heavy atom. The first-order valence-electron chi connectivity index (χ1n) is 10.2. The Bertz CT molecular complexity index is 569. The van der Waals surface area contributed by atoms with Crippen LogP contribution in [-0.4, -0.2) is 45.4 Å². The Labute approximate surface area is 158 Å². The lowest BCUT2D eigenvalue weighted by Gasteiger charge is -2.41. The fourth-order valence-corrected chi connectivity index (χ4v) is 3.75. The molecule has 1 saturated carbocycles. The maximum atomic E-state index is 5.43. The molecule has 0 amide bonds. The van der Waals surface area contributed by atoms with Crippen molar-refractivity contribution in [2.24, 2.45) is 10.4 Å². The van der Waals surface area contributed by atoms with E-state index in [0.29, 0.717) is 12.0 Å². The normalized spacial score (nSPS) is 19.8. The average molecular weight is 359 g/mol. The molecule has 1 saturated heterocycles. The standard InChI is InChI=1S/C21H34N4O/c1-3-21(10-5-11-21)17-24-20(22-4-2)23-16-18-6-8-19(9-7-18)25-12-14-26-15-13-25/h6-9H,3-5,10-17H2,1-2H3,(H2,22,23,24). The van der Waals surface area contributed by atoms with Gasteiger partial charge in [0, 0.05) is 31.9 Å². The van der Waals surface area contributed by atoms with Crippen LogP contribution in [0.25, 0.3) is 0 Å². The summed E-state index contributed by atoms with van der Waals surface area (Å²) in [6.07, 6.45) is 5.32. The van der Waals surface area contributed by atoms with E-state index in [0.717, 1.165) is 45.4 Å². The molecule has 0 spiro atoms. The van der Waals surface area contributed by atoms with E-state index in [9.17, 15) is 0 Å². The van der Waals surface area contributed by atoms with Crippen molar-refractivity contribution >= 4 is 11.6 Å². The number of nitrogens with one attached hydrogen (secondary N) is 2. The monoisotopic (exact) mass is 358 g/mol. The van der Waals surface area contributed by atoms with Crippen LogP contribution >= 0.6 is 0 Å². The lowest BCUT2D eigenvalue weighted by molar-refractivity contribution is 0.122. The molecule has 0 atom stereocenters. The first kappa shape index (κ1) is 19.0. The third-order valence-electron chi connectivity index (χ3n) is 5.87. The maximum absolute atomic E-state index is 5.43. The third kappa shape index (κ3) is 4.91. The summed E-state index contributed by atoms with van der Waals surface area (Å²) in [5.74, 6) is 0.935. The minimum absolute atomic E-state index is 0.496. The topological polar surface area (TPSA) is 48.9 Å². The lowest BCUT2D eigenvalue weighted by atomic mass is 9.67. The zero-order valence-corrected chi connectivity index (χ0v) is 16.4. The molecule has 26 heavy (non-hydrogen) atoms. The van der Waals surface area contributed by atoms with Crippen molar-refractivity contribution in [3.63, 3.8) is 0 Å². The largest absolute Gasteiger partial charge is 0.378 e. The summed E-state index contributed by atoms with van der Waals surface area (Å²) < 4.78 is 5.43. The first-order chi connectivity index (χ1) is 12.7. The van der Waals surface area contributed by atoms with E-state index in [1.165, 1.54) is 36.9 Å². The van der Waals surface area contributed by atoms with Crippen LogP contribution < -0.4 is 15.5 Å². The van der Waals surface area contributed by atoms with Gasteiger partial charge in [-0.3, -0.25) is 0 Å². The van der Waals surface area contributed by atoms with Gasteiger partial charge in [0.1, 0.15) is 0 Å². The lowest BCUT2D eigenvalue weighted by Crippen LogP contribution is -2.46. The second-order valence-corrected chi connectivity index (χ2v) is 7.52. The van der Waals surface area contributed by atoms with E-state index < -0.39 is 0 Å². The molecule has 1 aromatic carbocycles. The minimum atomic E-state index is 0.496. The minimum Gasteiger partial charge on any atom is -0.378 e. The Morgan fingerprint density at radius 3 is 2.42 bits per heavy atom. The van der Waals surface area contributed by atoms with E-state index in [1.807, 2.05) is 0 Å². The summed E-state index contributed by atoms with van der Waals surface area (Å²) in [7, 11) is 0. The highest BCUT2D eigenvalue weighted by molar-refractivity contribution is 5.79. The Morgan fingerprint density at radius 2 is 1.85 bits per heavy atom. The van der Waals surface area contributed by atoms with Gasteiger partial charge in [-0.1, -0.05) is 25.5 Å². The van der Waals surface area contributed by atoms with Gasteiger partial charge in [-0.2, -0.15) is 0 Å². The summed E-state index contributed by atoms with van der Waals surface area (Å²) in [6.45, 7) is 10.7. The fraction of sp³-hybridized carbons (Fsp3) is 0.667. The summed E-state index contributed by atoms with van der Waals surface area (Å²) in [5, 5.41) is 6.94. The second-order valence-electron chi connectivity index (χ2n) is 7.52. The van der Waals surface area contributed by atoms with Crippen LogP contribution in [0.3, 0.4) is 0 Å². The first-order valence-corrected chi connectivity index (χ1v) is 10.2. The summed E-state index contributed by atoms with van der Waals surface area (Å²) in [6, 6.07) is 8.79. The van der Waals surface area contributed by atoms with Gasteiger partial charge >= 0.3 is 0 Å². The van der Waals surface area contributed by atoms with Crippen LogP contribution in [0.2, 0.25) is 0 Å². The molecule has 0 radical (unpaired) electrons. The maximum Gasteiger partial charge on any atom is 0.191 e. The van der Waals surface area contributed by atoms with Gasteiger partial charge in [-0.05, 0) is 49.3 Å². The van der Waals surface area contributed by atoms with E-state index in [1.54, 1.807) is 0 Å². The van der Waals surface area contributed by atoms with Crippen LogP contribution in [0.1, 0.15) is 45.1 Å². The quantitative estimate of drug-likeness (QED) is 0.581. The van der Waals surface area contributed by atoms with Crippen LogP contribution in [0.5, 0.6) is 0 Å². The van der Waals surface area contributed by atoms with Crippen molar-refractivity contribution in [1.82, 2.24) is 10.6 Å². The highest BCUT2D eigenvalue weighted by atomic mass is 16.5. The molecule has 0 unspecified atom stereocenters. The van der Waals surface area contributed by atoms with Crippen molar-refractivity contribution in [2.75, 3.05) is 44.3 Å². The molecular weight excluding hydrogens is 324 g/mol.